The number of rotatable bonds is 4. The van der Waals surface area contributed by atoms with E-state index >= 15 is 0 Å². The lowest BCUT2D eigenvalue weighted by atomic mass is 10.1. The summed E-state index contributed by atoms with van der Waals surface area (Å²) in [5.41, 5.74) is 10.9. The number of nitrogens with zero attached hydrogens (tertiary/aromatic N) is 1. The largest absolute Gasteiger partial charge is 0.330 e. The van der Waals surface area contributed by atoms with Crippen LogP contribution in [-0.2, 0) is 9.59 Å². The lowest BCUT2D eigenvalue weighted by molar-refractivity contribution is -0.138. The predicted molar refractivity (Wildman–Crippen MR) is 63.2 cm³/mol. The topological polar surface area (TPSA) is 89.4 Å². The van der Waals surface area contributed by atoms with Crippen molar-refractivity contribution in [3.63, 3.8) is 0 Å². The maximum atomic E-state index is 11.7. The third kappa shape index (κ3) is 2.97. The highest BCUT2D eigenvalue weighted by Gasteiger charge is 2.34. The Morgan fingerprint density at radius 2 is 2.33 bits per heavy atom. The summed E-state index contributed by atoms with van der Waals surface area (Å²) in [6, 6.07) is -0.686. The minimum absolute atomic E-state index is 0.230. The molecule has 1 fully saturated rings. The molecule has 0 radical (unpaired) electrons. The average Bonchev–Trinajstić information content (AvgIpc) is 2.54. The highest BCUT2D eigenvalue weighted by atomic mass is 32.2. The molecule has 0 unspecified atom stereocenters. The fourth-order valence-corrected chi connectivity index (χ4v) is 2.26. The number of imide groups is 1. The molecule has 0 spiro atoms. The van der Waals surface area contributed by atoms with E-state index in [0.717, 1.165) is 4.90 Å². The van der Waals surface area contributed by atoms with Crippen molar-refractivity contribution in [3.8, 4) is 0 Å². The molecule has 0 aromatic heterocycles. The van der Waals surface area contributed by atoms with Crippen molar-refractivity contribution in [2.24, 2.45) is 11.5 Å². The van der Waals surface area contributed by atoms with E-state index in [0.29, 0.717) is 23.7 Å². The van der Waals surface area contributed by atoms with Gasteiger partial charge in [0.25, 0.3) is 5.91 Å². The summed E-state index contributed by atoms with van der Waals surface area (Å²) in [5.74, 6) is -0.463. The van der Waals surface area contributed by atoms with E-state index in [1.807, 2.05) is 0 Å². The van der Waals surface area contributed by atoms with Crippen LogP contribution >= 0.6 is 24.0 Å². The van der Waals surface area contributed by atoms with E-state index in [-0.39, 0.29) is 11.7 Å². The summed E-state index contributed by atoms with van der Waals surface area (Å²) >= 11 is 6.08. The van der Waals surface area contributed by atoms with Crippen LogP contribution in [0.5, 0.6) is 0 Å². The maximum absolute atomic E-state index is 11.7. The summed E-state index contributed by atoms with van der Waals surface area (Å²) < 4.78 is 0.299. The van der Waals surface area contributed by atoms with E-state index in [1.165, 1.54) is 11.8 Å². The van der Waals surface area contributed by atoms with Crippen LogP contribution in [0.15, 0.2) is 0 Å². The SMILES string of the molecule is NCCC[C@@H](N)C(=O)N1C(=O)CSC1=S. The molecular weight excluding hydrogens is 234 g/mol. The van der Waals surface area contributed by atoms with Crippen LogP contribution in [0.1, 0.15) is 12.8 Å². The molecule has 0 bridgehead atoms. The van der Waals surface area contributed by atoms with Crippen LogP contribution in [0.3, 0.4) is 0 Å². The molecule has 5 nitrogen and oxygen atoms in total. The van der Waals surface area contributed by atoms with Crippen molar-refractivity contribution >= 4 is 40.1 Å². The van der Waals surface area contributed by atoms with Crippen LogP contribution in [0.25, 0.3) is 0 Å². The number of thioether (sulfide) groups is 1. The molecule has 7 heteroatoms. The molecule has 2 amide bonds. The van der Waals surface area contributed by atoms with E-state index in [2.05, 4.69) is 0 Å². The smallest absolute Gasteiger partial charge is 0.251 e. The summed E-state index contributed by atoms with van der Waals surface area (Å²) in [4.78, 5) is 24.0. The van der Waals surface area contributed by atoms with Crippen LogP contribution in [0.2, 0.25) is 0 Å². The number of thiocarbonyl (C=S) groups is 1. The zero-order valence-corrected chi connectivity index (χ0v) is 9.77. The first-order valence-electron chi connectivity index (χ1n) is 4.57. The number of carbonyl (C=O) groups is 2. The second-order valence-corrected chi connectivity index (χ2v) is 4.77. The predicted octanol–water partition coefficient (Wildman–Crippen LogP) is -0.560. The Morgan fingerprint density at radius 1 is 1.67 bits per heavy atom. The van der Waals surface area contributed by atoms with Gasteiger partial charge in [-0.05, 0) is 19.4 Å². The monoisotopic (exact) mass is 247 g/mol. The van der Waals surface area contributed by atoms with Crippen LogP contribution in [0.4, 0.5) is 0 Å². The Kier molecular flexibility index (Phi) is 4.65. The van der Waals surface area contributed by atoms with Gasteiger partial charge in [-0.15, -0.1) is 0 Å². The third-order valence-electron chi connectivity index (χ3n) is 2.01. The zero-order valence-electron chi connectivity index (χ0n) is 8.14. The first-order chi connectivity index (χ1) is 7.07. The van der Waals surface area contributed by atoms with Crippen molar-refractivity contribution in [1.82, 2.24) is 4.90 Å². The molecule has 15 heavy (non-hydrogen) atoms. The Labute approximate surface area is 97.5 Å². The molecule has 0 aromatic rings. The van der Waals surface area contributed by atoms with Gasteiger partial charge in [-0.1, -0.05) is 24.0 Å². The Hall–Kier alpha value is -0.500. The second-order valence-electron chi connectivity index (χ2n) is 3.16. The van der Waals surface area contributed by atoms with Crippen LogP contribution in [-0.4, -0.2) is 39.4 Å². The highest BCUT2D eigenvalue weighted by molar-refractivity contribution is 8.24. The van der Waals surface area contributed by atoms with Crippen molar-refractivity contribution in [3.05, 3.63) is 0 Å². The minimum Gasteiger partial charge on any atom is -0.330 e. The van der Waals surface area contributed by atoms with Gasteiger partial charge in [0, 0.05) is 0 Å². The van der Waals surface area contributed by atoms with Gasteiger partial charge in [0.1, 0.15) is 0 Å². The summed E-state index contributed by atoms with van der Waals surface area (Å²) in [6.45, 7) is 0.480. The second kappa shape index (κ2) is 5.55. The Morgan fingerprint density at radius 3 is 2.80 bits per heavy atom. The van der Waals surface area contributed by atoms with Gasteiger partial charge < -0.3 is 11.5 Å². The standard InChI is InChI=1S/C8H13N3O2S2/c9-3-1-2-5(10)7(13)11-6(12)4-15-8(11)14/h5H,1-4,9-10H2/t5-/m1/s1. The van der Waals surface area contributed by atoms with E-state index < -0.39 is 11.9 Å². The Bertz CT molecular complexity index is 280. The molecule has 1 aliphatic rings. The number of carbonyl (C=O) groups excluding carboxylic acids is 2. The van der Waals surface area contributed by atoms with Gasteiger partial charge in [-0.3, -0.25) is 9.59 Å². The van der Waals surface area contributed by atoms with Crippen molar-refractivity contribution in [2.75, 3.05) is 12.3 Å². The molecule has 84 valence electrons. The molecule has 1 saturated heterocycles. The minimum atomic E-state index is -0.686. The van der Waals surface area contributed by atoms with Gasteiger partial charge in [-0.2, -0.15) is 0 Å². The van der Waals surface area contributed by atoms with Crippen molar-refractivity contribution < 1.29 is 9.59 Å². The molecule has 1 aliphatic heterocycles. The molecule has 0 aliphatic carbocycles. The van der Waals surface area contributed by atoms with Crippen molar-refractivity contribution in [1.29, 1.82) is 0 Å². The van der Waals surface area contributed by atoms with E-state index in [9.17, 15) is 9.59 Å². The molecule has 0 saturated carbocycles. The summed E-state index contributed by atoms with van der Waals surface area (Å²) in [6.07, 6.45) is 1.14. The molecule has 1 atom stereocenters. The lowest BCUT2D eigenvalue weighted by Gasteiger charge is -2.17. The maximum Gasteiger partial charge on any atom is 0.251 e. The fourth-order valence-electron chi connectivity index (χ4n) is 1.19. The van der Waals surface area contributed by atoms with Crippen molar-refractivity contribution in [2.45, 2.75) is 18.9 Å². The van der Waals surface area contributed by atoms with Gasteiger partial charge in [0.15, 0.2) is 4.32 Å². The normalized spacial score (nSPS) is 18.4. The lowest BCUT2D eigenvalue weighted by Crippen LogP contribution is -2.46. The average molecular weight is 247 g/mol. The molecule has 1 heterocycles. The van der Waals surface area contributed by atoms with Gasteiger partial charge >= 0.3 is 0 Å². The van der Waals surface area contributed by atoms with Gasteiger partial charge in [0.2, 0.25) is 5.91 Å². The zero-order chi connectivity index (χ0) is 11.4. The summed E-state index contributed by atoms with van der Waals surface area (Å²) in [7, 11) is 0. The number of nitrogens with two attached hydrogens (primary N) is 2. The first-order valence-corrected chi connectivity index (χ1v) is 5.96. The first kappa shape index (κ1) is 12.6. The van der Waals surface area contributed by atoms with E-state index in [1.54, 1.807) is 0 Å². The van der Waals surface area contributed by atoms with E-state index in [4.69, 9.17) is 23.7 Å². The molecular formula is C8H13N3O2S2. The summed E-state index contributed by atoms with van der Waals surface area (Å²) in [5, 5.41) is 0. The highest BCUT2D eigenvalue weighted by Crippen LogP contribution is 2.20. The van der Waals surface area contributed by atoms with Gasteiger partial charge in [-0.25, -0.2) is 4.90 Å². The third-order valence-corrected chi connectivity index (χ3v) is 3.36. The number of amides is 2. The molecule has 1 rings (SSSR count). The quantitative estimate of drug-likeness (QED) is 0.647. The number of hydrogen-bond donors (Lipinski definition) is 2. The molecule has 4 N–H and O–H groups in total. The Balaban J connectivity index is 2.59. The van der Waals surface area contributed by atoms with Crippen LogP contribution < -0.4 is 11.5 Å². The number of hydrogen-bond acceptors (Lipinski definition) is 6. The van der Waals surface area contributed by atoms with Crippen LogP contribution in [0, 0.1) is 0 Å². The molecule has 0 aromatic carbocycles. The van der Waals surface area contributed by atoms with Gasteiger partial charge in [0.05, 0.1) is 11.8 Å². The fraction of sp³-hybridized carbons (Fsp3) is 0.625.